The first-order chi connectivity index (χ1) is 9.63. The van der Waals surface area contributed by atoms with Crippen LogP contribution in [-0.4, -0.2) is 58.9 Å². The molecular weight excluding hydrogens is 320 g/mol. The summed E-state index contributed by atoms with van der Waals surface area (Å²) in [7, 11) is 0. The number of benzene rings is 1. The second-order valence-corrected chi connectivity index (χ2v) is 5.94. The van der Waals surface area contributed by atoms with Crippen LogP contribution >= 0.6 is 15.9 Å². The van der Waals surface area contributed by atoms with Crippen molar-refractivity contribution in [3.05, 3.63) is 29.3 Å². The van der Waals surface area contributed by atoms with E-state index in [9.17, 15) is 9.90 Å². The highest BCUT2D eigenvalue weighted by Gasteiger charge is 2.22. The van der Waals surface area contributed by atoms with Gasteiger partial charge in [-0.1, -0.05) is 28.1 Å². The Labute approximate surface area is 128 Å². The Balaban J connectivity index is 2.07. The number of aromatic hydroxyl groups is 1. The smallest absolute Gasteiger partial charge is 0.257 e. The Morgan fingerprint density at radius 3 is 2.85 bits per heavy atom. The van der Waals surface area contributed by atoms with E-state index >= 15 is 0 Å². The predicted molar refractivity (Wildman–Crippen MR) is 83.6 cm³/mol. The molecule has 0 saturated carbocycles. The van der Waals surface area contributed by atoms with Crippen molar-refractivity contribution in [1.29, 1.82) is 0 Å². The lowest BCUT2D eigenvalue weighted by molar-refractivity contribution is 0.0758. The maximum atomic E-state index is 12.5. The third-order valence-corrected chi connectivity index (χ3v) is 4.10. The van der Waals surface area contributed by atoms with Crippen LogP contribution in [0.2, 0.25) is 0 Å². The van der Waals surface area contributed by atoms with Gasteiger partial charge in [-0.25, -0.2) is 0 Å². The van der Waals surface area contributed by atoms with Gasteiger partial charge in [0.1, 0.15) is 5.75 Å². The third-order valence-electron chi connectivity index (χ3n) is 3.74. The van der Waals surface area contributed by atoms with Crippen LogP contribution in [0.3, 0.4) is 0 Å². The Bertz CT molecular complexity index is 479. The average Bonchev–Trinajstić information content (AvgIpc) is 2.67. The first kappa shape index (κ1) is 15.3. The normalized spacial score (nSPS) is 17.0. The van der Waals surface area contributed by atoms with E-state index in [0.717, 1.165) is 50.0 Å². The summed E-state index contributed by atoms with van der Waals surface area (Å²) in [5.74, 6) is 0.0472. The number of para-hydroxylation sites is 1. The van der Waals surface area contributed by atoms with Crippen molar-refractivity contribution in [3.63, 3.8) is 0 Å². The molecule has 0 radical (unpaired) electrons. The summed E-state index contributed by atoms with van der Waals surface area (Å²) < 4.78 is 0. The van der Waals surface area contributed by atoms with E-state index in [1.54, 1.807) is 6.07 Å². The van der Waals surface area contributed by atoms with Gasteiger partial charge in [0.15, 0.2) is 0 Å². The van der Waals surface area contributed by atoms with Crippen LogP contribution in [0.4, 0.5) is 0 Å². The first-order valence-corrected chi connectivity index (χ1v) is 8.12. The van der Waals surface area contributed by atoms with E-state index in [1.165, 1.54) is 0 Å². The lowest BCUT2D eigenvalue weighted by atomic mass is 10.1. The van der Waals surface area contributed by atoms with E-state index in [4.69, 9.17) is 0 Å². The third kappa shape index (κ3) is 3.52. The molecule has 1 aromatic rings. The highest BCUT2D eigenvalue weighted by atomic mass is 79.9. The number of phenolic OH excluding ortho intramolecular Hbond substituents is 1. The monoisotopic (exact) mass is 340 g/mol. The molecule has 0 aromatic heterocycles. The van der Waals surface area contributed by atoms with Crippen molar-refractivity contribution in [2.45, 2.75) is 13.3 Å². The van der Waals surface area contributed by atoms with E-state index < -0.39 is 0 Å². The summed E-state index contributed by atoms with van der Waals surface area (Å²) >= 11 is 3.45. The maximum absolute atomic E-state index is 12.5. The minimum Gasteiger partial charge on any atom is -0.507 e. The molecule has 1 amide bonds. The van der Waals surface area contributed by atoms with Crippen LogP contribution in [-0.2, 0) is 0 Å². The quantitative estimate of drug-likeness (QED) is 0.858. The molecule has 110 valence electrons. The van der Waals surface area contributed by atoms with Crippen molar-refractivity contribution in [2.75, 3.05) is 38.1 Å². The van der Waals surface area contributed by atoms with Crippen LogP contribution in [0.1, 0.15) is 22.3 Å². The summed E-state index contributed by atoms with van der Waals surface area (Å²) in [6.45, 7) is 6.22. The Morgan fingerprint density at radius 2 is 2.10 bits per heavy atom. The fourth-order valence-electron chi connectivity index (χ4n) is 2.52. The van der Waals surface area contributed by atoms with E-state index in [0.29, 0.717) is 5.56 Å². The minimum atomic E-state index is -0.0631. The zero-order chi connectivity index (χ0) is 14.5. The lowest BCUT2D eigenvalue weighted by Gasteiger charge is -2.22. The molecule has 1 aliphatic rings. The number of hydrogen-bond acceptors (Lipinski definition) is 3. The number of aryl methyl sites for hydroxylation is 1. The average molecular weight is 341 g/mol. The molecule has 0 bridgehead atoms. The SMILES string of the molecule is Cc1cccc(C(=O)N2CCCN(CCBr)CC2)c1O. The van der Waals surface area contributed by atoms with Gasteiger partial charge in [-0.2, -0.15) is 0 Å². The number of carbonyl (C=O) groups excluding carboxylic acids is 1. The molecule has 0 atom stereocenters. The zero-order valence-electron chi connectivity index (χ0n) is 11.8. The van der Waals surface area contributed by atoms with Crippen LogP contribution in [0, 0.1) is 6.92 Å². The fourth-order valence-corrected chi connectivity index (χ4v) is 3.02. The van der Waals surface area contributed by atoms with Crippen LogP contribution in [0.25, 0.3) is 0 Å². The van der Waals surface area contributed by atoms with Gasteiger partial charge in [0, 0.05) is 31.5 Å². The molecule has 1 heterocycles. The summed E-state index contributed by atoms with van der Waals surface area (Å²) in [6.07, 6.45) is 0.977. The molecule has 0 aliphatic carbocycles. The number of amides is 1. The molecular formula is C15H21BrN2O2. The molecule has 1 fully saturated rings. The van der Waals surface area contributed by atoms with E-state index in [1.807, 2.05) is 24.0 Å². The molecule has 0 spiro atoms. The highest BCUT2D eigenvalue weighted by Crippen LogP contribution is 2.23. The largest absolute Gasteiger partial charge is 0.507 e. The highest BCUT2D eigenvalue weighted by molar-refractivity contribution is 9.09. The van der Waals surface area contributed by atoms with Crippen LogP contribution < -0.4 is 0 Å². The summed E-state index contributed by atoms with van der Waals surface area (Å²) in [6, 6.07) is 5.33. The van der Waals surface area contributed by atoms with Crippen molar-refractivity contribution >= 4 is 21.8 Å². The fraction of sp³-hybridized carbons (Fsp3) is 0.533. The van der Waals surface area contributed by atoms with Gasteiger partial charge in [0.25, 0.3) is 5.91 Å². The molecule has 1 aromatic carbocycles. The number of rotatable bonds is 3. The first-order valence-electron chi connectivity index (χ1n) is 6.99. The summed E-state index contributed by atoms with van der Waals surface area (Å²) in [5.41, 5.74) is 1.16. The molecule has 2 rings (SSSR count). The van der Waals surface area contributed by atoms with E-state index in [2.05, 4.69) is 20.8 Å². The Kier molecular flexibility index (Phi) is 5.43. The van der Waals surface area contributed by atoms with E-state index in [-0.39, 0.29) is 11.7 Å². The molecule has 1 aliphatic heterocycles. The van der Waals surface area contributed by atoms with Gasteiger partial charge in [0.05, 0.1) is 5.56 Å². The van der Waals surface area contributed by atoms with Crippen molar-refractivity contribution < 1.29 is 9.90 Å². The van der Waals surface area contributed by atoms with Crippen LogP contribution in [0.5, 0.6) is 5.75 Å². The van der Waals surface area contributed by atoms with Gasteiger partial charge in [-0.3, -0.25) is 4.79 Å². The molecule has 1 saturated heterocycles. The number of alkyl halides is 1. The summed E-state index contributed by atoms with van der Waals surface area (Å²) in [4.78, 5) is 16.7. The van der Waals surface area contributed by atoms with Gasteiger partial charge >= 0.3 is 0 Å². The maximum Gasteiger partial charge on any atom is 0.257 e. The summed E-state index contributed by atoms with van der Waals surface area (Å²) in [5, 5.41) is 11.0. The van der Waals surface area contributed by atoms with Gasteiger partial charge < -0.3 is 14.9 Å². The van der Waals surface area contributed by atoms with Crippen molar-refractivity contribution in [1.82, 2.24) is 9.80 Å². The molecule has 5 heteroatoms. The number of nitrogens with zero attached hydrogens (tertiary/aromatic N) is 2. The topological polar surface area (TPSA) is 43.8 Å². The Hall–Kier alpha value is -1.07. The molecule has 1 N–H and O–H groups in total. The van der Waals surface area contributed by atoms with Gasteiger partial charge in [0.2, 0.25) is 0 Å². The van der Waals surface area contributed by atoms with Crippen LogP contribution in [0.15, 0.2) is 18.2 Å². The number of hydrogen-bond donors (Lipinski definition) is 1. The van der Waals surface area contributed by atoms with Gasteiger partial charge in [-0.15, -0.1) is 0 Å². The molecule has 0 unspecified atom stereocenters. The number of phenols is 1. The van der Waals surface area contributed by atoms with Crippen molar-refractivity contribution in [3.8, 4) is 5.75 Å². The van der Waals surface area contributed by atoms with Crippen molar-refractivity contribution in [2.24, 2.45) is 0 Å². The number of halogens is 1. The second kappa shape index (κ2) is 7.09. The predicted octanol–water partition coefficient (Wildman–Crippen LogP) is 2.24. The Morgan fingerprint density at radius 1 is 1.30 bits per heavy atom. The molecule has 20 heavy (non-hydrogen) atoms. The molecule has 4 nitrogen and oxygen atoms in total. The zero-order valence-corrected chi connectivity index (χ0v) is 13.4. The second-order valence-electron chi connectivity index (χ2n) is 5.15. The van der Waals surface area contributed by atoms with Gasteiger partial charge in [-0.05, 0) is 31.5 Å². The minimum absolute atomic E-state index is 0.0631. The lowest BCUT2D eigenvalue weighted by Crippen LogP contribution is -2.35. The standard InChI is InChI=1S/C15H21BrN2O2/c1-12-4-2-5-13(14(12)19)15(20)18-8-3-7-17(9-6-16)10-11-18/h2,4-5,19H,3,6-11H2,1H3. The number of carbonyl (C=O) groups is 1.